The quantitative estimate of drug-likeness (QED) is 0.606. The predicted molar refractivity (Wildman–Crippen MR) is 84.7 cm³/mol. The van der Waals surface area contributed by atoms with Gasteiger partial charge < -0.3 is 10.5 Å². The summed E-state index contributed by atoms with van der Waals surface area (Å²) in [6, 6.07) is 10.4. The summed E-state index contributed by atoms with van der Waals surface area (Å²) in [4.78, 5) is 0.274. The lowest BCUT2D eigenvalue weighted by Crippen LogP contribution is -2.25. The van der Waals surface area contributed by atoms with Crippen molar-refractivity contribution in [1.82, 2.24) is 4.72 Å². The lowest BCUT2D eigenvalue weighted by atomic mass is 10.1. The Balaban J connectivity index is 2.20. The second kappa shape index (κ2) is 6.89. The lowest BCUT2D eigenvalue weighted by molar-refractivity contribution is 0.146. The molecule has 3 N–H and O–H groups in total. The minimum absolute atomic E-state index is 0.274. The molecular formula is C15H20N2O3S. The van der Waals surface area contributed by atoms with Crippen LogP contribution in [0.25, 0.3) is 10.8 Å². The number of nitrogens with two attached hydrogens (primary N) is 1. The summed E-state index contributed by atoms with van der Waals surface area (Å²) in [7, 11) is -3.53. The number of hydrogen-bond acceptors (Lipinski definition) is 4. The number of rotatable bonds is 7. The smallest absolute Gasteiger partial charge is 0.241 e. The summed E-state index contributed by atoms with van der Waals surface area (Å²) >= 11 is 0. The fourth-order valence-electron chi connectivity index (χ4n) is 2.11. The van der Waals surface area contributed by atoms with Crippen LogP contribution in [0.15, 0.2) is 41.3 Å². The van der Waals surface area contributed by atoms with Crippen molar-refractivity contribution in [2.45, 2.75) is 18.2 Å². The standard InChI is InChI=1S/C15H20N2O3S/c1-2-20-10-4-9-17-21(18,19)15-6-3-5-12-11-13(16)7-8-14(12)15/h3,5-8,11,17H,2,4,9-10,16H2,1H3. The van der Waals surface area contributed by atoms with Gasteiger partial charge in [0.15, 0.2) is 0 Å². The van der Waals surface area contributed by atoms with Crippen LogP contribution in [0.5, 0.6) is 0 Å². The Morgan fingerprint density at radius 1 is 1.24 bits per heavy atom. The van der Waals surface area contributed by atoms with Gasteiger partial charge in [-0.3, -0.25) is 0 Å². The maximum absolute atomic E-state index is 12.4. The largest absolute Gasteiger partial charge is 0.399 e. The molecule has 0 spiro atoms. The average Bonchev–Trinajstić information content (AvgIpc) is 2.46. The SMILES string of the molecule is CCOCCCNS(=O)(=O)c1cccc2cc(N)ccc12. The van der Waals surface area contributed by atoms with E-state index in [0.717, 1.165) is 5.39 Å². The van der Waals surface area contributed by atoms with E-state index in [9.17, 15) is 8.42 Å². The fraction of sp³-hybridized carbons (Fsp3) is 0.333. The topological polar surface area (TPSA) is 81.4 Å². The molecule has 0 saturated carbocycles. The predicted octanol–water partition coefficient (Wildman–Crippen LogP) is 2.13. The van der Waals surface area contributed by atoms with Gasteiger partial charge in [-0.25, -0.2) is 13.1 Å². The molecule has 0 atom stereocenters. The molecule has 2 aromatic rings. The number of hydrogen-bond donors (Lipinski definition) is 2. The number of sulfonamides is 1. The van der Waals surface area contributed by atoms with E-state index in [0.29, 0.717) is 37.3 Å². The van der Waals surface area contributed by atoms with Crippen LogP contribution in [0.4, 0.5) is 5.69 Å². The monoisotopic (exact) mass is 308 g/mol. The van der Waals surface area contributed by atoms with E-state index in [2.05, 4.69) is 4.72 Å². The second-order valence-corrected chi connectivity index (χ2v) is 6.42. The van der Waals surface area contributed by atoms with Crippen molar-refractivity contribution in [3.05, 3.63) is 36.4 Å². The number of fused-ring (bicyclic) bond motifs is 1. The molecule has 6 heteroatoms. The van der Waals surface area contributed by atoms with Crippen molar-refractivity contribution in [2.75, 3.05) is 25.5 Å². The van der Waals surface area contributed by atoms with Crippen LogP contribution in [0.1, 0.15) is 13.3 Å². The van der Waals surface area contributed by atoms with Gasteiger partial charge in [0.1, 0.15) is 0 Å². The molecular weight excluding hydrogens is 288 g/mol. The third-order valence-electron chi connectivity index (χ3n) is 3.12. The van der Waals surface area contributed by atoms with Gasteiger partial charge in [-0.15, -0.1) is 0 Å². The van der Waals surface area contributed by atoms with Crippen molar-refractivity contribution in [3.63, 3.8) is 0 Å². The number of ether oxygens (including phenoxy) is 1. The van der Waals surface area contributed by atoms with E-state index in [1.165, 1.54) is 0 Å². The van der Waals surface area contributed by atoms with Crippen molar-refractivity contribution in [1.29, 1.82) is 0 Å². The summed E-state index contributed by atoms with van der Waals surface area (Å²) in [6.07, 6.45) is 0.644. The minimum atomic E-state index is -3.53. The van der Waals surface area contributed by atoms with Gasteiger partial charge in [0.25, 0.3) is 0 Å². The van der Waals surface area contributed by atoms with Crippen LogP contribution in [-0.4, -0.2) is 28.2 Å². The molecule has 0 aliphatic carbocycles. The van der Waals surface area contributed by atoms with Crippen LogP contribution in [0.2, 0.25) is 0 Å². The molecule has 0 aliphatic heterocycles. The first-order valence-electron chi connectivity index (χ1n) is 6.90. The summed E-state index contributed by atoms with van der Waals surface area (Å²) in [6.45, 7) is 3.45. The summed E-state index contributed by atoms with van der Waals surface area (Å²) < 4.78 is 32.6. The number of nitrogens with one attached hydrogen (secondary N) is 1. The van der Waals surface area contributed by atoms with E-state index < -0.39 is 10.0 Å². The van der Waals surface area contributed by atoms with Crippen LogP contribution in [0.3, 0.4) is 0 Å². The van der Waals surface area contributed by atoms with Crippen LogP contribution < -0.4 is 10.5 Å². The number of benzene rings is 2. The molecule has 0 amide bonds. The zero-order chi connectivity index (χ0) is 15.3. The van der Waals surface area contributed by atoms with Gasteiger partial charge in [-0.1, -0.05) is 18.2 Å². The Morgan fingerprint density at radius 2 is 2.05 bits per heavy atom. The van der Waals surface area contributed by atoms with E-state index in [1.807, 2.05) is 13.0 Å². The van der Waals surface area contributed by atoms with E-state index in [-0.39, 0.29) is 4.90 Å². The minimum Gasteiger partial charge on any atom is -0.399 e. The Hall–Kier alpha value is -1.63. The molecule has 0 fully saturated rings. The summed E-state index contributed by atoms with van der Waals surface area (Å²) in [5.41, 5.74) is 6.34. The Morgan fingerprint density at radius 3 is 2.81 bits per heavy atom. The van der Waals surface area contributed by atoms with Crippen molar-refractivity contribution in [3.8, 4) is 0 Å². The van der Waals surface area contributed by atoms with Crippen molar-refractivity contribution >= 4 is 26.5 Å². The molecule has 21 heavy (non-hydrogen) atoms. The highest BCUT2D eigenvalue weighted by Crippen LogP contribution is 2.24. The Bertz CT molecular complexity index is 714. The first-order chi connectivity index (χ1) is 10.0. The maximum Gasteiger partial charge on any atom is 0.241 e. The van der Waals surface area contributed by atoms with Gasteiger partial charge in [-0.05, 0) is 36.9 Å². The Labute approximate surface area is 125 Å². The molecule has 2 rings (SSSR count). The molecule has 114 valence electrons. The summed E-state index contributed by atoms with van der Waals surface area (Å²) in [5, 5.41) is 1.48. The van der Waals surface area contributed by atoms with Crippen LogP contribution in [-0.2, 0) is 14.8 Å². The number of anilines is 1. The van der Waals surface area contributed by atoms with Crippen molar-refractivity contribution in [2.24, 2.45) is 0 Å². The van der Waals surface area contributed by atoms with E-state index in [1.54, 1.807) is 30.3 Å². The second-order valence-electron chi connectivity index (χ2n) is 4.68. The van der Waals surface area contributed by atoms with Crippen LogP contribution >= 0.6 is 0 Å². The fourth-order valence-corrected chi connectivity index (χ4v) is 3.41. The molecule has 0 bridgehead atoms. The lowest BCUT2D eigenvalue weighted by Gasteiger charge is -2.10. The van der Waals surface area contributed by atoms with Crippen molar-refractivity contribution < 1.29 is 13.2 Å². The number of nitrogen functional groups attached to an aromatic ring is 1. The van der Waals surface area contributed by atoms with Gasteiger partial charge in [-0.2, -0.15) is 0 Å². The van der Waals surface area contributed by atoms with Gasteiger partial charge in [0.2, 0.25) is 10.0 Å². The molecule has 0 saturated heterocycles. The molecule has 0 heterocycles. The first kappa shape index (κ1) is 15.8. The first-order valence-corrected chi connectivity index (χ1v) is 8.38. The molecule has 0 unspecified atom stereocenters. The zero-order valence-electron chi connectivity index (χ0n) is 12.0. The molecule has 0 aromatic heterocycles. The normalized spacial score (nSPS) is 11.9. The molecule has 2 aromatic carbocycles. The third-order valence-corrected chi connectivity index (χ3v) is 4.63. The third kappa shape index (κ3) is 3.93. The highest BCUT2D eigenvalue weighted by atomic mass is 32.2. The van der Waals surface area contributed by atoms with E-state index >= 15 is 0 Å². The van der Waals surface area contributed by atoms with Gasteiger partial charge in [0.05, 0.1) is 4.90 Å². The molecule has 5 nitrogen and oxygen atoms in total. The maximum atomic E-state index is 12.4. The Kier molecular flexibility index (Phi) is 5.17. The van der Waals surface area contributed by atoms with E-state index in [4.69, 9.17) is 10.5 Å². The molecule has 0 aliphatic rings. The summed E-state index contributed by atoms with van der Waals surface area (Å²) in [5.74, 6) is 0. The highest BCUT2D eigenvalue weighted by molar-refractivity contribution is 7.89. The zero-order valence-corrected chi connectivity index (χ0v) is 12.8. The van der Waals surface area contributed by atoms with Gasteiger partial charge in [0, 0.05) is 30.8 Å². The van der Waals surface area contributed by atoms with Gasteiger partial charge >= 0.3 is 0 Å². The average molecular weight is 308 g/mol. The highest BCUT2D eigenvalue weighted by Gasteiger charge is 2.16. The molecule has 0 radical (unpaired) electrons. The van der Waals surface area contributed by atoms with Crippen LogP contribution in [0, 0.1) is 0 Å².